The lowest BCUT2D eigenvalue weighted by molar-refractivity contribution is -0.117. The van der Waals surface area contributed by atoms with Crippen molar-refractivity contribution in [3.05, 3.63) is 42.5 Å². The quantitative estimate of drug-likeness (QED) is 0.722. The Hall–Kier alpha value is -3.07. The number of carbonyl (C=O) groups is 2. The standard InChI is InChI=1S/C23H29N3O5S/c1-6-32(29,30)24-20-10-7-18(8-11-20)19-9-12-21-22(13-19)25(23(28)31-15(2)3)14-16(4)26(21)17(5)27/h7-13,15-16,24H,6,14H2,1-5H3/t16-/m0/s1. The molecule has 0 fully saturated rings. The summed E-state index contributed by atoms with van der Waals surface area (Å²) in [6.45, 7) is 8.87. The van der Waals surface area contributed by atoms with Gasteiger partial charge in [0.05, 0.1) is 29.3 Å². The average Bonchev–Trinajstić information content (AvgIpc) is 2.72. The Balaban J connectivity index is 2.00. The fourth-order valence-corrected chi connectivity index (χ4v) is 4.34. The lowest BCUT2D eigenvalue weighted by Gasteiger charge is -2.40. The number of nitrogens with one attached hydrogen (secondary N) is 1. The van der Waals surface area contributed by atoms with Crippen molar-refractivity contribution in [2.24, 2.45) is 0 Å². The van der Waals surface area contributed by atoms with Gasteiger partial charge in [0.25, 0.3) is 0 Å². The Morgan fingerprint density at radius 2 is 1.72 bits per heavy atom. The van der Waals surface area contributed by atoms with E-state index in [0.29, 0.717) is 23.6 Å². The molecule has 2 aromatic carbocycles. The second-order valence-electron chi connectivity index (χ2n) is 8.07. The number of hydrogen-bond acceptors (Lipinski definition) is 5. The largest absolute Gasteiger partial charge is 0.446 e. The lowest BCUT2D eigenvalue weighted by Crippen LogP contribution is -2.51. The Morgan fingerprint density at radius 3 is 2.28 bits per heavy atom. The predicted molar refractivity (Wildman–Crippen MR) is 127 cm³/mol. The number of benzene rings is 2. The fraction of sp³-hybridized carbons (Fsp3) is 0.391. The number of nitrogens with zero attached hydrogens (tertiary/aromatic N) is 2. The summed E-state index contributed by atoms with van der Waals surface area (Å²) in [4.78, 5) is 28.3. The molecular formula is C23H29N3O5S. The number of sulfonamides is 1. The molecule has 0 saturated carbocycles. The van der Waals surface area contributed by atoms with E-state index < -0.39 is 16.1 Å². The van der Waals surface area contributed by atoms with E-state index in [1.807, 2.05) is 25.1 Å². The number of ether oxygens (including phenoxy) is 1. The third-order valence-electron chi connectivity index (χ3n) is 5.18. The van der Waals surface area contributed by atoms with Crippen molar-refractivity contribution in [3.63, 3.8) is 0 Å². The first-order valence-electron chi connectivity index (χ1n) is 10.5. The first-order valence-corrected chi connectivity index (χ1v) is 12.2. The van der Waals surface area contributed by atoms with Gasteiger partial charge in [-0.15, -0.1) is 0 Å². The van der Waals surface area contributed by atoms with Gasteiger partial charge in [-0.25, -0.2) is 13.2 Å². The van der Waals surface area contributed by atoms with Gasteiger partial charge in [0.2, 0.25) is 15.9 Å². The summed E-state index contributed by atoms with van der Waals surface area (Å²) in [7, 11) is -3.35. The minimum atomic E-state index is -3.35. The SMILES string of the molecule is CCS(=O)(=O)Nc1ccc(-c2ccc3c(c2)N(C(=O)OC(C)C)C[C@H](C)N3C(C)=O)cc1. The average molecular weight is 460 g/mol. The van der Waals surface area contributed by atoms with Crippen molar-refractivity contribution in [1.82, 2.24) is 0 Å². The van der Waals surface area contributed by atoms with Gasteiger partial charge in [-0.1, -0.05) is 18.2 Å². The zero-order valence-corrected chi connectivity index (χ0v) is 19.8. The summed E-state index contributed by atoms with van der Waals surface area (Å²) in [5.74, 6) is -0.108. The molecule has 1 aliphatic heterocycles. The van der Waals surface area contributed by atoms with Gasteiger partial charge in [-0.05, 0) is 63.1 Å². The van der Waals surface area contributed by atoms with Crippen LogP contribution in [0.15, 0.2) is 42.5 Å². The van der Waals surface area contributed by atoms with Crippen molar-refractivity contribution in [3.8, 4) is 11.1 Å². The summed E-state index contributed by atoms with van der Waals surface area (Å²) in [5.41, 5.74) is 3.39. The summed E-state index contributed by atoms with van der Waals surface area (Å²) >= 11 is 0. The monoisotopic (exact) mass is 459 g/mol. The number of carbonyl (C=O) groups excluding carboxylic acids is 2. The molecule has 1 N–H and O–H groups in total. The molecule has 9 heteroatoms. The Morgan fingerprint density at radius 1 is 1.09 bits per heavy atom. The third-order valence-corrected chi connectivity index (χ3v) is 6.49. The highest BCUT2D eigenvalue weighted by Crippen LogP contribution is 2.39. The van der Waals surface area contributed by atoms with E-state index in [-0.39, 0.29) is 23.8 Å². The zero-order chi connectivity index (χ0) is 23.6. The topological polar surface area (TPSA) is 96.0 Å². The van der Waals surface area contributed by atoms with Gasteiger partial charge in [0, 0.05) is 19.2 Å². The Kier molecular flexibility index (Phi) is 6.78. The van der Waals surface area contributed by atoms with Crippen LogP contribution < -0.4 is 14.5 Å². The van der Waals surface area contributed by atoms with E-state index in [4.69, 9.17) is 4.74 Å². The molecule has 1 aliphatic rings. The molecule has 0 unspecified atom stereocenters. The maximum absolute atomic E-state index is 12.8. The van der Waals surface area contributed by atoms with Crippen LogP contribution in [0, 0.1) is 0 Å². The first kappa shape index (κ1) is 23.6. The Labute approximate surface area is 189 Å². The van der Waals surface area contributed by atoms with E-state index in [1.54, 1.807) is 54.8 Å². The molecule has 8 nitrogen and oxygen atoms in total. The molecule has 1 heterocycles. The van der Waals surface area contributed by atoms with Gasteiger partial charge in [-0.2, -0.15) is 0 Å². The normalized spacial score (nSPS) is 16.0. The summed E-state index contributed by atoms with van der Waals surface area (Å²) < 4.78 is 31.5. The third kappa shape index (κ3) is 5.04. The van der Waals surface area contributed by atoms with Crippen molar-refractivity contribution in [1.29, 1.82) is 0 Å². The van der Waals surface area contributed by atoms with Gasteiger partial charge in [-0.3, -0.25) is 14.4 Å². The molecule has 2 aromatic rings. The van der Waals surface area contributed by atoms with Crippen LogP contribution in [-0.4, -0.2) is 44.9 Å². The zero-order valence-electron chi connectivity index (χ0n) is 19.0. The molecular weight excluding hydrogens is 430 g/mol. The number of hydrogen-bond donors (Lipinski definition) is 1. The minimum absolute atomic E-state index is 0.00699. The van der Waals surface area contributed by atoms with Crippen molar-refractivity contribution < 1.29 is 22.7 Å². The van der Waals surface area contributed by atoms with Crippen LogP contribution in [0.5, 0.6) is 0 Å². The van der Waals surface area contributed by atoms with E-state index in [2.05, 4.69) is 4.72 Å². The second kappa shape index (κ2) is 9.20. The molecule has 3 rings (SSSR count). The predicted octanol–water partition coefficient (Wildman–Crippen LogP) is 4.22. The van der Waals surface area contributed by atoms with Crippen molar-refractivity contribution in [2.45, 2.75) is 46.8 Å². The highest BCUT2D eigenvalue weighted by atomic mass is 32.2. The van der Waals surface area contributed by atoms with Gasteiger partial charge < -0.3 is 9.64 Å². The molecule has 0 spiro atoms. The Bertz CT molecular complexity index is 1110. The molecule has 0 bridgehead atoms. The van der Waals surface area contributed by atoms with Crippen LogP contribution in [0.3, 0.4) is 0 Å². The molecule has 0 saturated heterocycles. The number of fused-ring (bicyclic) bond motifs is 1. The van der Waals surface area contributed by atoms with Crippen molar-refractivity contribution >= 4 is 39.1 Å². The summed E-state index contributed by atoms with van der Waals surface area (Å²) in [6.07, 6.45) is -0.729. The maximum atomic E-state index is 12.8. The number of anilines is 3. The van der Waals surface area contributed by atoms with Crippen LogP contribution in [0.4, 0.5) is 21.9 Å². The number of rotatable bonds is 5. The second-order valence-corrected chi connectivity index (χ2v) is 10.1. The highest BCUT2D eigenvalue weighted by molar-refractivity contribution is 7.92. The van der Waals surface area contributed by atoms with Crippen LogP contribution in [0.2, 0.25) is 0 Å². The summed E-state index contributed by atoms with van der Waals surface area (Å²) in [6, 6.07) is 12.4. The summed E-state index contributed by atoms with van der Waals surface area (Å²) in [5, 5.41) is 0. The van der Waals surface area contributed by atoms with Crippen LogP contribution >= 0.6 is 0 Å². The molecule has 2 amide bonds. The maximum Gasteiger partial charge on any atom is 0.414 e. The molecule has 1 atom stereocenters. The first-order chi connectivity index (χ1) is 15.0. The van der Waals surface area contributed by atoms with Gasteiger partial charge in [0.15, 0.2) is 0 Å². The molecule has 0 aromatic heterocycles. The van der Waals surface area contributed by atoms with Gasteiger partial charge >= 0.3 is 6.09 Å². The van der Waals surface area contributed by atoms with E-state index >= 15 is 0 Å². The van der Waals surface area contributed by atoms with Crippen molar-refractivity contribution in [2.75, 3.05) is 26.8 Å². The molecule has 0 radical (unpaired) electrons. The molecule has 32 heavy (non-hydrogen) atoms. The van der Waals surface area contributed by atoms with Gasteiger partial charge in [0.1, 0.15) is 0 Å². The molecule has 0 aliphatic carbocycles. The smallest absolute Gasteiger partial charge is 0.414 e. The lowest BCUT2D eigenvalue weighted by atomic mass is 10.0. The van der Waals surface area contributed by atoms with E-state index in [1.165, 1.54) is 6.92 Å². The van der Waals surface area contributed by atoms with Crippen LogP contribution in [0.1, 0.15) is 34.6 Å². The highest BCUT2D eigenvalue weighted by Gasteiger charge is 2.34. The van der Waals surface area contributed by atoms with Crippen LogP contribution in [-0.2, 0) is 19.6 Å². The van der Waals surface area contributed by atoms with Crippen LogP contribution in [0.25, 0.3) is 11.1 Å². The van der Waals surface area contributed by atoms with E-state index in [9.17, 15) is 18.0 Å². The number of amides is 2. The fourth-order valence-electron chi connectivity index (χ4n) is 3.71. The molecule has 172 valence electrons. The minimum Gasteiger partial charge on any atom is -0.446 e. The van der Waals surface area contributed by atoms with E-state index in [0.717, 1.165) is 11.1 Å².